The summed E-state index contributed by atoms with van der Waals surface area (Å²) in [4.78, 5) is 4.26. The van der Waals surface area contributed by atoms with Gasteiger partial charge in [0.15, 0.2) is 5.96 Å². The van der Waals surface area contributed by atoms with Crippen LogP contribution in [0.25, 0.3) is 0 Å². The second-order valence-electron chi connectivity index (χ2n) is 6.88. The van der Waals surface area contributed by atoms with Crippen molar-refractivity contribution in [2.45, 2.75) is 53.1 Å². The van der Waals surface area contributed by atoms with Gasteiger partial charge >= 0.3 is 0 Å². The second kappa shape index (κ2) is 8.43. The molecule has 0 radical (unpaired) electrons. The summed E-state index contributed by atoms with van der Waals surface area (Å²) < 4.78 is 0. The number of aliphatic imine (C=N–C) groups is 1. The van der Waals surface area contributed by atoms with Gasteiger partial charge in [0, 0.05) is 19.6 Å². The fourth-order valence-electron chi connectivity index (χ4n) is 2.03. The number of nitrogens with one attached hydrogen (secondary N) is 2. The molecule has 0 bridgehead atoms. The molecular weight excluding hydrogens is 272 g/mol. The quantitative estimate of drug-likeness (QED) is 0.647. The second-order valence-corrected chi connectivity index (χ2v) is 6.88. The lowest BCUT2D eigenvalue weighted by Crippen LogP contribution is -2.42. The van der Waals surface area contributed by atoms with Crippen molar-refractivity contribution in [3.05, 3.63) is 35.4 Å². The third-order valence-corrected chi connectivity index (χ3v) is 3.48. The standard InChI is InChI=1S/C18H28N4/c1-14(10-11-18(2,3)4)22-17(20-5)21-13-16-8-6-15(12-19)7-9-16/h6-9,14H,10-11,13H2,1-5H3,(H2,20,21,22). The predicted molar refractivity (Wildman–Crippen MR) is 92.6 cm³/mol. The first-order chi connectivity index (χ1) is 10.3. The number of guanidine groups is 1. The Balaban J connectivity index is 2.43. The lowest BCUT2D eigenvalue weighted by atomic mass is 9.89. The first-order valence-corrected chi connectivity index (χ1v) is 7.80. The van der Waals surface area contributed by atoms with Gasteiger partial charge in [-0.15, -0.1) is 0 Å². The summed E-state index contributed by atoms with van der Waals surface area (Å²) in [7, 11) is 1.78. The minimum absolute atomic E-state index is 0.357. The van der Waals surface area contributed by atoms with Gasteiger partial charge in [0.25, 0.3) is 0 Å². The van der Waals surface area contributed by atoms with Crippen LogP contribution in [0.15, 0.2) is 29.3 Å². The van der Waals surface area contributed by atoms with Gasteiger partial charge < -0.3 is 10.6 Å². The van der Waals surface area contributed by atoms with E-state index in [2.05, 4.69) is 49.4 Å². The molecule has 1 unspecified atom stereocenters. The van der Waals surface area contributed by atoms with Gasteiger partial charge in [-0.25, -0.2) is 0 Å². The molecule has 0 aromatic heterocycles. The number of hydrogen-bond donors (Lipinski definition) is 2. The van der Waals surface area contributed by atoms with E-state index >= 15 is 0 Å². The van der Waals surface area contributed by atoms with E-state index in [4.69, 9.17) is 5.26 Å². The lowest BCUT2D eigenvalue weighted by Gasteiger charge is -2.23. The normalized spacial score (nSPS) is 13.4. The molecule has 0 fully saturated rings. The highest BCUT2D eigenvalue weighted by Crippen LogP contribution is 2.21. The van der Waals surface area contributed by atoms with Gasteiger partial charge in [0.2, 0.25) is 0 Å². The zero-order valence-corrected chi connectivity index (χ0v) is 14.4. The van der Waals surface area contributed by atoms with Crippen LogP contribution in [0.5, 0.6) is 0 Å². The Morgan fingerprint density at radius 3 is 2.41 bits per heavy atom. The minimum atomic E-state index is 0.357. The van der Waals surface area contributed by atoms with E-state index in [0.717, 1.165) is 17.9 Å². The average molecular weight is 300 g/mol. The van der Waals surface area contributed by atoms with Gasteiger partial charge in [-0.1, -0.05) is 32.9 Å². The molecule has 0 spiro atoms. The molecule has 0 aliphatic heterocycles. The van der Waals surface area contributed by atoms with Crippen LogP contribution in [-0.4, -0.2) is 19.0 Å². The Kier molecular flexibility index (Phi) is 6.91. The molecule has 0 amide bonds. The largest absolute Gasteiger partial charge is 0.354 e. The molecule has 1 aromatic carbocycles. The van der Waals surface area contributed by atoms with Crippen LogP contribution in [0, 0.1) is 16.7 Å². The van der Waals surface area contributed by atoms with Gasteiger partial charge in [-0.05, 0) is 42.9 Å². The Bertz CT molecular complexity index is 518. The molecular formula is C18H28N4. The SMILES string of the molecule is CN=C(NCc1ccc(C#N)cc1)NC(C)CCC(C)(C)C. The molecule has 0 aliphatic rings. The summed E-state index contributed by atoms with van der Waals surface area (Å²) in [5, 5.41) is 15.5. The minimum Gasteiger partial charge on any atom is -0.354 e. The predicted octanol–water partition coefficient (Wildman–Crippen LogP) is 3.44. The topological polar surface area (TPSA) is 60.2 Å². The van der Waals surface area contributed by atoms with E-state index in [9.17, 15) is 0 Å². The fraction of sp³-hybridized carbons (Fsp3) is 0.556. The van der Waals surface area contributed by atoms with E-state index in [-0.39, 0.29) is 0 Å². The molecule has 0 saturated heterocycles. The number of hydrogen-bond acceptors (Lipinski definition) is 2. The summed E-state index contributed by atoms with van der Waals surface area (Å²) in [5.41, 5.74) is 2.17. The highest BCUT2D eigenvalue weighted by Gasteiger charge is 2.13. The third kappa shape index (κ3) is 7.12. The number of nitriles is 1. The monoisotopic (exact) mass is 300 g/mol. The maximum Gasteiger partial charge on any atom is 0.191 e. The van der Waals surface area contributed by atoms with Crippen molar-refractivity contribution < 1.29 is 0 Å². The van der Waals surface area contributed by atoms with Crippen molar-refractivity contribution in [3.8, 4) is 6.07 Å². The fourth-order valence-corrected chi connectivity index (χ4v) is 2.03. The maximum absolute atomic E-state index is 8.80. The van der Waals surface area contributed by atoms with Crippen molar-refractivity contribution in [1.82, 2.24) is 10.6 Å². The van der Waals surface area contributed by atoms with Crippen molar-refractivity contribution in [2.75, 3.05) is 7.05 Å². The van der Waals surface area contributed by atoms with Crippen LogP contribution in [0.4, 0.5) is 0 Å². The molecule has 0 aliphatic carbocycles. The van der Waals surface area contributed by atoms with Gasteiger partial charge in [0.1, 0.15) is 0 Å². The Morgan fingerprint density at radius 2 is 1.91 bits per heavy atom. The van der Waals surface area contributed by atoms with Crippen LogP contribution in [0.1, 0.15) is 51.7 Å². The zero-order chi connectivity index (χ0) is 16.6. The molecule has 0 heterocycles. The molecule has 1 aromatic rings. The molecule has 2 N–H and O–H groups in total. The zero-order valence-electron chi connectivity index (χ0n) is 14.4. The smallest absolute Gasteiger partial charge is 0.191 e. The first kappa shape index (κ1) is 18.0. The van der Waals surface area contributed by atoms with Crippen LogP contribution < -0.4 is 10.6 Å². The van der Waals surface area contributed by atoms with Crippen LogP contribution in [0.3, 0.4) is 0 Å². The summed E-state index contributed by atoms with van der Waals surface area (Å²) in [5.74, 6) is 0.811. The van der Waals surface area contributed by atoms with E-state index in [1.54, 1.807) is 7.05 Å². The number of rotatable bonds is 5. The molecule has 0 saturated carbocycles. The third-order valence-electron chi connectivity index (χ3n) is 3.48. The number of nitrogens with zero attached hydrogens (tertiary/aromatic N) is 2. The summed E-state index contributed by atoms with van der Waals surface area (Å²) in [6.07, 6.45) is 2.29. The van der Waals surface area contributed by atoms with E-state index < -0.39 is 0 Å². The highest BCUT2D eigenvalue weighted by atomic mass is 15.2. The summed E-state index contributed by atoms with van der Waals surface area (Å²) in [6, 6.07) is 10.1. The van der Waals surface area contributed by atoms with E-state index in [1.165, 1.54) is 6.42 Å². The first-order valence-electron chi connectivity index (χ1n) is 7.80. The van der Waals surface area contributed by atoms with Crippen molar-refractivity contribution in [1.29, 1.82) is 5.26 Å². The van der Waals surface area contributed by atoms with Crippen molar-refractivity contribution in [3.63, 3.8) is 0 Å². The number of benzene rings is 1. The van der Waals surface area contributed by atoms with Gasteiger partial charge in [0.05, 0.1) is 11.6 Å². The maximum atomic E-state index is 8.80. The van der Waals surface area contributed by atoms with E-state index in [1.807, 2.05) is 24.3 Å². The molecule has 120 valence electrons. The molecule has 4 nitrogen and oxygen atoms in total. The average Bonchev–Trinajstić information content (AvgIpc) is 2.49. The summed E-state index contributed by atoms with van der Waals surface area (Å²) in [6.45, 7) is 9.66. The molecule has 1 atom stereocenters. The van der Waals surface area contributed by atoms with Gasteiger partial charge in [-0.2, -0.15) is 5.26 Å². The Hall–Kier alpha value is -2.02. The van der Waals surface area contributed by atoms with Gasteiger partial charge in [-0.3, -0.25) is 4.99 Å². The highest BCUT2D eigenvalue weighted by molar-refractivity contribution is 5.79. The molecule has 22 heavy (non-hydrogen) atoms. The van der Waals surface area contributed by atoms with Crippen molar-refractivity contribution in [2.24, 2.45) is 10.4 Å². The lowest BCUT2D eigenvalue weighted by molar-refractivity contribution is 0.346. The Morgan fingerprint density at radius 1 is 1.27 bits per heavy atom. The summed E-state index contributed by atoms with van der Waals surface area (Å²) >= 11 is 0. The van der Waals surface area contributed by atoms with E-state index in [0.29, 0.717) is 23.6 Å². The van der Waals surface area contributed by atoms with Crippen LogP contribution in [0.2, 0.25) is 0 Å². The van der Waals surface area contributed by atoms with Crippen LogP contribution in [-0.2, 0) is 6.54 Å². The van der Waals surface area contributed by atoms with Crippen LogP contribution >= 0.6 is 0 Å². The Labute approximate surface area is 134 Å². The molecule has 4 heteroatoms. The van der Waals surface area contributed by atoms with Crippen molar-refractivity contribution >= 4 is 5.96 Å². The molecule has 1 rings (SSSR count).